The molecular weight excluding hydrogens is 548 g/mol. The van der Waals surface area contributed by atoms with Crippen molar-refractivity contribution in [2.75, 3.05) is 20.8 Å². The first-order chi connectivity index (χ1) is 20.0. The maximum atomic E-state index is 13.1. The molecule has 0 aliphatic carbocycles. The SMILES string of the molecule is COC(=O)c1ccc([C@@H]2CC(c3csc(C)c3)CCN2Cc2c(OC)cc(C)c3c2ccn3C(=O)OC(C)(C)C)cc1. The molecule has 0 spiro atoms. The second kappa shape index (κ2) is 11.9. The Morgan fingerprint density at radius 2 is 1.76 bits per heavy atom. The van der Waals surface area contributed by atoms with Crippen molar-refractivity contribution in [3.63, 3.8) is 0 Å². The minimum absolute atomic E-state index is 0.129. The topological polar surface area (TPSA) is 70.0 Å². The van der Waals surface area contributed by atoms with E-state index in [9.17, 15) is 9.59 Å². The molecule has 5 rings (SSSR count). The van der Waals surface area contributed by atoms with Crippen LogP contribution in [0.15, 0.2) is 54.0 Å². The van der Waals surface area contributed by atoms with E-state index in [1.807, 2.05) is 64.1 Å². The summed E-state index contributed by atoms with van der Waals surface area (Å²) >= 11 is 1.80. The second-order valence-corrected chi connectivity index (χ2v) is 13.2. The van der Waals surface area contributed by atoms with Crippen LogP contribution in [0, 0.1) is 13.8 Å². The highest BCUT2D eigenvalue weighted by molar-refractivity contribution is 7.10. The van der Waals surface area contributed by atoms with E-state index in [1.165, 1.54) is 17.6 Å². The van der Waals surface area contributed by atoms with Gasteiger partial charge in [-0.3, -0.25) is 9.47 Å². The number of aromatic nitrogens is 1. The number of thiophene rings is 1. The first-order valence-corrected chi connectivity index (χ1v) is 15.2. The first kappa shape index (κ1) is 29.9. The van der Waals surface area contributed by atoms with Crippen LogP contribution >= 0.6 is 11.3 Å². The zero-order chi connectivity index (χ0) is 30.2. The summed E-state index contributed by atoms with van der Waals surface area (Å²) in [5.41, 5.74) is 5.33. The van der Waals surface area contributed by atoms with Gasteiger partial charge in [0.15, 0.2) is 0 Å². The number of carbonyl (C=O) groups excluding carboxylic acids is 2. The number of carbonyl (C=O) groups is 2. The van der Waals surface area contributed by atoms with Gasteiger partial charge in [-0.05, 0) is 112 Å². The van der Waals surface area contributed by atoms with Crippen molar-refractivity contribution in [3.8, 4) is 5.75 Å². The summed E-state index contributed by atoms with van der Waals surface area (Å²) in [5.74, 6) is 0.914. The molecule has 0 saturated carbocycles. The van der Waals surface area contributed by atoms with E-state index >= 15 is 0 Å². The lowest BCUT2D eigenvalue weighted by atomic mass is 9.83. The molecule has 1 unspecified atom stereocenters. The predicted molar refractivity (Wildman–Crippen MR) is 167 cm³/mol. The van der Waals surface area contributed by atoms with Gasteiger partial charge in [0.2, 0.25) is 0 Å². The lowest BCUT2D eigenvalue weighted by Crippen LogP contribution is -2.36. The third kappa shape index (κ3) is 6.10. The van der Waals surface area contributed by atoms with Crippen LogP contribution in [0.25, 0.3) is 10.9 Å². The Balaban J connectivity index is 1.53. The Hall–Kier alpha value is -3.62. The van der Waals surface area contributed by atoms with Crippen molar-refractivity contribution in [1.82, 2.24) is 9.47 Å². The molecule has 1 saturated heterocycles. The van der Waals surface area contributed by atoms with Gasteiger partial charge in [0.25, 0.3) is 0 Å². The Kier molecular flexibility index (Phi) is 8.49. The minimum atomic E-state index is -0.598. The van der Waals surface area contributed by atoms with Gasteiger partial charge in [-0.2, -0.15) is 0 Å². The van der Waals surface area contributed by atoms with E-state index < -0.39 is 11.7 Å². The molecule has 42 heavy (non-hydrogen) atoms. The summed E-state index contributed by atoms with van der Waals surface area (Å²) in [7, 11) is 3.10. The third-order valence-corrected chi connectivity index (χ3v) is 8.93. The van der Waals surface area contributed by atoms with Gasteiger partial charge < -0.3 is 14.2 Å². The Morgan fingerprint density at radius 1 is 1.02 bits per heavy atom. The standard InChI is InChI=1S/C34H40N2O5S/c1-21-16-30(39-6)28(27-13-15-36(31(21)27)33(38)41-34(3,4)5)19-35-14-12-25(26-17-22(2)42-20-26)18-29(35)23-8-10-24(11-9-23)32(37)40-7/h8-11,13,15-17,20,25,29H,12,14,18-19H2,1-7H3/t25?,29-/m0/s1. The molecule has 2 atom stereocenters. The number of likely N-dealkylation sites (tertiary alicyclic amines) is 1. The molecule has 4 aromatic rings. The number of nitrogens with zero attached hydrogens (tertiary/aromatic N) is 2. The van der Waals surface area contributed by atoms with Crippen molar-refractivity contribution in [1.29, 1.82) is 0 Å². The molecule has 1 aliphatic rings. The van der Waals surface area contributed by atoms with Gasteiger partial charge in [0.05, 0.1) is 25.3 Å². The van der Waals surface area contributed by atoms with E-state index in [4.69, 9.17) is 14.2 Å². The zero-order valence-electron chi connectivity index (χ0n) is 25.5. The molecule has 2 aromatic heterocycles. The number of aryl methyl sites for hydroxylation is 2. The van der Waals surface area contributed by atoms with E-state index in [0.717, 1.165) is 52.7 Å². The maximum Gasteiger partial charge on any atom is 0.419 e. The molecule has 0 radical (unpaired) electrons. The van der Waals surface area contributed by atoms with Crippen molar-refractivity contribution >= 4 is 34.3 Å². The molecular formula is C34H40N2O5S. The molecule has 3 heterocycles. The number of benzene rings is 2. The molecule has 7 nitrogen and oxygen atoms in total. The Bertz CT molecular complexity index is 1590. The number of piperidine rings is 1. The van der Waals surface area contributed by atoms with Crippen LogP contribution in [0.2, 0.25) is 0 Å². The largest absolute Gasteiger partial charge is 0.496 e. The van der Waals surface area contributed by atoms with E-state index in [-0.39, 0.29) is 12.0 Å². The van der Waals surface area contributed by atoms with Gasteiger partial charge in [0.1, 0.15) is 11.4 Å². The number of methoxy groups -OCH3 is 2. The summed E-state index contributed by atoms with van der Waals surface area (Å²) in [6.45, 7) is 11.3. The number of hydrogen-bond donors (Lipinski definition) is 0. The monoisotopic (exact) mass is 588 g/mol. The molecule has 0 N–H and O–H groups in total. The van der Waals surface area contributed by atoms with Crippen LogP contribution in [0.3, 0.4) is 0 Å². The van der Waals surface area contributed by atoms with Crippen LogP contribution in [-0.2, 0) is 16.0 Å². The fourth-order valence-electron chi connectivity index (χ4n) is 6.06. The van der Waals surface area contributed by atoms with Crippen molar-refractivity contribution in [2.45, 2.75) is 71.6 Å². The minimum Gasteiger partial charge on any atom is -0.496 e. The summed E-state index contributed by atoms with van der Waals surface area (Å²) in [4.78, 5) is 29.1. The summed E-state index contributed by atoms with van der Waals surface area (Å²) < 4.78 is 18.1. The molecule has 222 valence electrons. The van der Waals surface area contributed by atoms with Gasteiger partial charge in [-0.1, -0.05) is 12.1 Å². The van der Waals surface area contributed by atoms with Gasteiger partial charge >= 0.3 is 12.1 Å². The fourth-order valence-corrected chi connectivity index (χ4v) is 6.85. The normalized spacial score (nSPS) is 17.8. The van der Waals surface area contributed by atoms with E-state index in [0.29, 0.717) is 18.0 Å². The van der Waals surface area contributed by atoms with E-state index in [2.05, 4.69) is 23.3 Å². The van der Waals surface area contributed by atoms with Crippen LogP contribution in [0.5, 0.6) is 5.75 Å². The second-order valence-electron chi connectivity index (χ2n) is 12.1. The molecule has 1 fully saturated rings. The predicted octanol–water partition coefficient (Wildman–Crippen LogP) is 8.02. The summed E-state index contributed by atoms with van der Waals surface area (Å²) in [5, 5.41) is 3.27. The Morgan fingerprint density at radius 3 is 2.38 bits per heavy atom. The lowest BCUT2D eigenvalue weighted by molar-refractivity contribution is 0.0542. The number of esters is 1. The average Bonchev–Trinajstić information content (AvgIpc) is 3.60. The highest BCUT2D eigenvalue weighted by atomic mass is 32.1. The average molecular weight is 589 g/mol. The smallest absolute Gasteiger partial charge is 0.419 e. The number of rotatable bonds is 6. The van der Waals surface area contributed by atoms with Gasteiger partial charge in [0, 0.05) is 34.6 Å². The number of ether oxygens (including phenoxy) is 3. The number of fused-ring (bicyclic) bond motifs is 1. The highest BCUT2D eigenvalue weighted by Gasteiger charge is 2.32. The molecule has 0 amide bonds. The van der Waals surface area contributed by atoms with Crippen LogP contribution in [0.4, 0.5) is 4.79 Å². The van der Waals surface area contributed by atoms with E-state index in [1.54, 1.807) is 29.2 Å². The van der Waals surface area contributed by atoms with Crippen molar-refractivity contribution in [2.24, 2.45) is 0 Å². The molecule has 0 bridgehead atoms. The maximum absolute atomic E-state index is 13.1. The lowest BCUT2D eigenvalue weighted by Gasteiger charge is -2.40. The Labute approximate surface area is 252 Å². The van der Waals surface area contributed by atoms with Gasteiger partial charge in [-0.15, -0.1) is 11.3 Å². The first-order valence-electron chi connectivity index (χ1n) is 14.4. The van der Waals surface area contributed by atoms with Crippen molar-refractivity contribution in [3.05, 3.63) is 86.7 Å². The summed E-state index contributed by atoms with van der Waals surface area (Å²) in [6, 6.07) is 14.2. The van der Waals surface area contributed by atoms with Crippen LogP contribution < -0.4 is 4.74 Å². The van der Waals surface area contributed by atoms with Gasteiger partial charge in [-0.25, -0.2) is 9.59 Å². The quantitative estimate of drug-likeness (QED) is 0.213. The summed E-state index contributed by atoms with van der Waals surface area (Å²) in [6.07, 6.45) is 3.41. The highest BCUT2D eigenvalue weighted by Crippen LogP contribution is 2.43. The van der Waals surface area contributed by atoms with Crippen LogP contribution in [-0.4, -0.2) is 47.9 Å². The van der Waals surface area contributed by atoms with Crippen LogP contribution in [0.1, 0.15) is 83.1 Å². The zero-order valence-corrected chi connectivity index (χ0v) is 26.3. The molecule has 8 heteroatoms. The fraction of sp³-hybridized carbons (Fsp3) is 0.412. The molecule has 2 aromatic carbocycles. The number of hydrogen-bond acceptors (Lipinski definition) is 7. The molecule has 1 aliphatic heterocycles. The van der Waals surface area contributed by atoms with Crippen molar-refractivity contribution < 1.29 is 23.8 Å². The third-order valence-electron chi connectivity index (χ3n) is 8.05.